The summed E-state index contributed by atoms with van der Waals surface area (Å²) >= 11 is 0. The Hall–Kier alpha value is -2.09. The van der Waals surface area contributed by atoms with Crippen molar-refractivity contribution in [3.63, 3.8) is 0 Å². The van der Waals surface area contributed by atoms with Gasteiger partial charge in [-0.2, -0.15) is 0 Å². The lowest BCUT2D eigenvalue weighted by atomic mass is 10.1. The molecule has 0 saturated heterocycles. The second kappa shape index (κ2) is 3.49. The first-order chi connectivity index (χ1) is 7.83. The van der Waals surface area contributed by atoms with Gasteiger partial charge in [-0.3, -0.25) is 0 Å². The summed E-state index contributed by atoms with van der Waals surface area (Å²) in [6.45, 7) is 2.09. The fourth-order valence-electron chi connectivity index (χ4n) is 1.82. The van der Waals surface area contributed by atoms with Crippen molar-refractivity contribution in [2.75, 3.05) is 0 Å². The van der Waals surface area contributed by atoms with Crippen molar-refractivity contribution in [2.45, 2.75) is 6.92 Å². The van der Waals surface area contributed by atoms with Crippen LogP contribution >= 0.6 is 0 Å². The maximum atomic E-state index is 4.58. The number of aromatic nitrogens is 2. The number of nitrogens with one attached hydrogen (secondary N) is 1. The van der Waals surface area contributed by atoms with Crippen molar-refractivity contribution in [3.05, 3.63) is 54.2 Å². The monoisotopic (exact) mass is 208 g/mol. The standard InChI is InChI=1S/C14H12N2/c1-10-2-4-11(5-3-10)13-7-6-12-8-9-15-14(12)16-13/h2-9H,1H3,(H,15,16). The molecule has 0 spiro atoms. The number of hydrogen-bond acceptors (Lipinski definition) is 1. The molecule has 0 unspecified atom stereocenters. The van der Waals surface area contributed by atoms with E-state index in [1.54, 1.807) is 0 Å². The maximum Gasteiger partial charge on any atom is 0.137 e. The molecule has 0 fully saturated rings. The average Bonchev–Trinajstić information content (AvgIpc) is 2.77. The molecule has 0 aliphatic rings. The van der Waals surface area contributed by atoms with E-state index in [1.807, 2.05) is 12.3 Å². The van der Waals surface area contributed by atoms with Crippen molar-refractivity contribution in [3.8, 4) is 11.3 Å². The van der Waals surface area contributed by atoms with Crippen molar-refractivity contribution in [1.29, 1.82) is 0 Å². The van der Waals surface area contributed by atoms with Gasteiger partial charge in [0.05, 0.1) is 5.69 Å². The number of rotatable bonds is 1. The molecule has 0 saturated carbocycles. The number of benzene rings is 1. The van der Waals surface area contributed by atoms with Crippen molar-refractivity contribution in [1.82, 2.24) is 9.97 Å². The summed E-state index contributed by atoms with van der Waals surface area (Å²) in [5.41, 5.74) is 4.37. The molecule has 0 bridgehead atoms. The molecule has 0 aliphatic heterocycles. The molecular weight excluding hydrogens is 196 g/mol. The third-order valence-electron chi connectivity index (χ3n) is 2.76. The smallest absolute Gasteiger partial charge is 0.137 e. The van der Waals surface area contributed by atoms with Crippen molar-refractivity contribution >= 4 is 11.0 Å². The fraction of sp³-hybridized carbons (Fsp3) is 0.0714. The topological polar surface area (TPSA) is 28.7 Å². The number of nitrogens with zero attached hydrogens (tertiary/aromatic N) is 1. The molecule has 2 heteroatoms. The number of hydrogen-bond donors (Lipinski definition) is 1. The molecule has 3 aromatic rings. The maximum absolute atomic E-state index is 4.58. The van der Waals surface area contributed by atoms with Gasteiger partial charge in [0.1, 0.15) is 5.65 Å². The Balaban J connectivity index is 2.14. The molecule has 0 radical (unpaired) electrons. The highest BCUT2D eigenvalue weighted by atomic mass is 14.8. The van der Waals surface area contributed by atoms with Crippen molar-refractivity contribution in [2.24, 2.45) is 0 Å². The molecule has 3 rings (SSSR count). The Morgan fingerprint density at radius 2 is 1.75 bits per heavy atom. The van der Waals surface area contributed by atoms with Gasteiger partial charge in [-0.1, -0.05) is 29.8 Å². The van der Waals surface area contributed by atoms with E-state index < -0.39 is 0 Å². The van der Waals surface area contributed by atoms with Crippen LogP contribution in [0.4, 0.5) is 0 Å². The molecule has 2 heterocycles. The first-order valence-corrected chi connectivity index (χ1v) is 5.34. The van der Waals surface area contributed by atoms with E-state index in [0.29, 0.717) is 0 Å². The molecule has 16 heavy (non-hydrogen) atoms. The summed E-state index contributed by atoms with van der Waals surface area (Å²) in [4.78, 5) is 7.71. The SMILES string of the molecule is Cc1ccc(-c2ccc3cc[nH]c3n2)cc1. The third-order valence-corrected chi connectivity index (χ3v) is 2.76. The van der Waals surface area contributed by atoms with Crippen LogP contribution < -0.4 is 0 Å². The van der Waals surface area contributed by atoms with E-state index in [9.17, 15) is 0 Å². The van der Waals surface area contributed by atoms with Gasteiger partial charge in [-0.05, 0) is 25.1 Å². The normalized spacial score (nSPS) is 10.8. The Kier molecular flexibility index (Phi) is 2.00. The zero-order chi connectivity index (χ0) is 11.0. The fourth-order valence-corrected chi connectivity index (χ4v) is 1.82. The molecule has 0 atom stereocenters. The Labute approximate surface area is 94.0 Å². The lowest BCUT2D eigenvalue weighted by Gasteiger charge is -2.01. The molecular formula is C14H12N2. The second-order valence-corrected chi connectivity index (χ2v) is 3.98. The Morgan fingerprint density at radius 3 is 2.56 bits per heavy atom. The van der Waals surface area contributed by atoms with Crippen LogP contribution in [0.2, 0.25) is 0 Å². The molecule has 1 N–H and O–H groups in total. The number of aryl methyl sites for hydroxylation is 1. The van der Waals surface area contributed by atoms with E-state index >= 15 is 0 Å². The van der Waals surface area contributed by atoms with E-state index in [1.165, 1.54) is 5.56 Å². The van der Waals surface area contributed by atoms with Crippen molar-refractivity contribution < 1.29 is 0 Å². The zero-order valence-corrected chi connectivity index (χ0v) is 9.07. The van der Waals surface area contributed by atoms with Gasteiger partial charge in [0.25, 0.3) is 0 Å². The van der Waals surface area contributed by atoms with E-state index in [0.717, 1.165) is 22.3 Å². The van der Waals surface area contributed by atoms with Crippen LogP contribution in [0, 0.1) is 6.92 Å². The highest BCUT2D eigenvalue weighted by molar-refractivity contribution is 5.78. The van der Waals surface area contributed by atoms with Crippen LogP contribution in [0.5, 0.6) is 0 Å². The molecule has 2 aromatic heterocycles. The summed E-state index contributed by atoms with van der Waals surface area (Å²) in [5.74, 6) is 0. The largest absolute Gasteiger partial charge is 0.346 e. The summed E-state index contributed by atoms with van der Waals surface area (Å²) in [6.07, 6.45) is 1.91. The Bertz CT molecular complexity index is 621. The average molecular weight is 208 g/mol. The van der Waals surface area contributed by atoms with E-state index in [4.69, 9.17) is 0 Å². The highest BCUT2D eigenvalue weighted by Gasteiger charge is 2.01. The van der Waals surface area contributed by atoms with Crippen LogP contribution in [0.3, 0.4) is 0 Å². The van der Waals surface area contributed by atoms with Gasteiger partial charge in [0.15, 0.2) is 0 Å². The summed E-state index contributed by atoms with van der Waals surface area (Å²) < 4.78 is 0. The predicted octanol–water partition coefficient (Wildman–Crippen LogP) is 3.54. The lowest BCUT2D eigenvalue weighted by Crippen LogP contribution is -1.84. The lowest BCUT2D eigenvalue weighted by molar-refractivity contribution is 1.32. The Morgan fingerprint density at radius 1 is 0.938 bits per heavy atom. The highest BCUT2D eigenvalue weighted by Crippen LogP contribution is 2.20. The zero-order valence-electron chi connectivity index (χ0n) is 9.07. The minimum atomic E-state index is 0.943. The number of fused-ring (bicyclic) bond motifs is 1. The summed E-state index contributed by atoms with van der Waals surface area (Å²) in [7, 11) is 0. The van der Waals surface area contributed by atoms with Crippen LogP contribution in [0.15, 0.2) is 48.7 Å². The summed E-state index contributed by atoms with van der Waals surface area (Å²) in [6, 6.07) is 14.6. The van der Waals surface area contributed by atoms with Crippen LogP contribution in [0.25, 0.3) is 22.3 Å². The predicted molar refractivity (Wildman–Crippen MR) is 66.3 cm³/mol. The van der Waals surface area contributed by atoms with E-state index in [2.05, 4.69) is 53.3 Å². The second-order valence-electron chi connectivity index (χ2n) is 3.98. The molecule has 2 nitrogen and oxygen atoms in total. The van der Waals surface area contributed by atoms with Gasteiger partial charge < -0.3 is 4.98 Å². The van der Waals surface area contributed by atoms with Gasteiger partial charge in [-0.15, -0.1) is 0 Å². The number of pyridine rings is 1. The van der Waals surface area contributed by atoms with Gasteiger partial charge in [0, 0.05) is 17.1 Å². The minimum Gasteiger partial charge on any atom is -0.346 e. The first kappa shape index (κ1) is 9.16. The molecule has 78 valence electrons. The van der Waals surface area contributed by atoms with Gasteiger partial charge in [0.2, 0.25) is 0 Å². The minimum absolute atomic E-state index is 0.943. The van der Waals surface area contributed by atoms with Gasteiger partial charge >= 0.3 is 0 Å². The first-order valence-electron chi connectivity index (χ1n) is 5.34. The molecule has 1 aromatic carbocycles. The van der Waals surface area contributed by atoms with Gasteiger partial charge in [-0.25, -0.2) is 4.98 Å². The van der Waals surface area contributed by atoms with Crippen LogP contribution in [0.1, 0.15) is 5.56 Å². The summed E-state index contributed by atoms with van der Waals surface area (Å²) in [5, 5.41) is 1.15. The number of H-pyrrole nitrogens is 1. The quantitative estimate of drug-likeness (QED) is 0.651. The van der Waals surface area contributed by atoms with Crippen LogP contribution in [-0.2, 0) is 0 Å². The molecule has 0 aliphatic carbocycles. The van der Waals surface area contributed by atoms with E-state index in [-0.39, 0.29) is 0 Å². The van der Waals surface area contributed by atoms with Crippen LogP contribution in [-0.4, -0.2) is 9.97 Å². The third kappa shape index (κ3) is 1.48. The number of aromatic amines is 1. The molecule has 0 amide bonds.